The molecule has 120 valence electrons. The van der Waals surface area contributed by atoms with Crippen molar-refractivity contribution in [1.29, 1.82) is 0 Å². The molecule has 0 aliphatic heterocycles. The van der Waals surface area contributed by atoms with Gasteiger partial charge in [0, 0.05) is 0 Å². The van der Waals surface area contributed by atoms with Crippen molar-refractivity contribution in [1.82, 2.24) is 0 Å². The molecule has 1 rings (SSSR count). The van der Waals surface area contributed by atoms with Gasteiger partial charge in [-0.05, 0) is 57.1 Å². The summed E-state index contributed by atoms with van der Waals surface area (Å²) in [5.41, 5.74) is 2.78. The monoisotopic (exact) mass is 310 g/mol. The van der Waals surface area contributed by atoms with E-state index >= 15 is 0 Å². The molecular formula is C18H30O2S. The van der Waals surface area contributed by atoms with Crippen molar-refractivity contribution in [3.8, 4) is 0 Å². The summed E-state index contributed by atoms with van der Waals surface area (Å²) in [4.78, 5) is 0. The SMILES string of the molecule is CCCCc1ccc(CCCCCS(=O)(=O)C(C)C)cc1. The van der Waals surface area contributed by atoms with Gasteiger partial charge in [-0.1, -0.05) is 44.0 Å². The van der Waals surface area contributed by atoms with Gasteiger partial charge >= 0.3 is 0 Å². The van der Waals surface area contributed by atoms with Crippen LogP contribution < -0.4 is 0 Å². The van der Waals surface area contributed by atoms with Crippen molar-refractivity contribution < 1.29 is 8.42 Å². The molecule has 0 aliphatic carbocycles. The molecule has 1 aromatic carbocycles. The van der Waals surface area contributed by atoms with E-state index in [2.05, 4.69) is 31.2 Å². The second kappa shape index (κ2) is 9.24. The van der Waals surface area contributed by atoms with Crippen LogP contribution in [-0.4, -0.2) is 19.4 Å². The fraction of sp³-hybridized carbons (Fsp3) is 0.667. The highest BCUT2D eigenvalue weighted by molar-refractivity contribution is 7.91. The highest BCUT2D eigenvalue weighted by atomic mass is 32.2. The maximum Gasteiger partial charge on any atom is 0.152 e. The van der Waals surface area contributed by atoms with Gasteiger partial charge in [-0.25, -0.2) is 8.42 Å². The Kier molecular flexibility index (Phi) is 8.02. The van der Waals surface area contributed by atoms with E-state index in [1.165, 1.54) is 30.4 Å². The Morgan fingerprint density at radius 2 is 1.38 bits per heavy atom. The molecule has 0 atom stereocenters. The van der Waals surface area contributed by atoms with Crippen LogP contribution in [-0.2, 0) is 22.7 Å². The van der Waals surface area contributed by atoms with Gasteiger partial charge in [0.2, 0.25) is 0 Å². The van der Waals surface area contributed by atoms with E-state index in [9.17, 15) is 8.42 Å². The predicted octanol–water partition coefficient (Wildman–Crippen LogP) is 4.57. The first-order valence-corrected chi connectivity index (χ1v) is 9.96. The summed E-state index contributed by atoms with van der Waals surface area (Å²) in [6.45, 7) is 5.73. The topological polar surface area (TPSA) is 34.1 Å². The largest absolute Gasteiger partial charge is 0.229 e. The standard InChI is InChI=1S/C18H30O2S/c1-4-5-9-17-11-13-18(14-12-17)10-7-6-8-15-21(19,20)16(2)3/h11-14,16H,4-10,15H2,1-3H3. The van der Waals surface area contributed by atoms with Crippen molar-refractivity contribution in [2.24, 2.45) is 0 Å². The lowest BCUT2D eigenvalue weighted by Crippen LogP contribution is -2.17. The van der Waals surface area contributed by atoms with Gasteiger partial charge in [0.05, 0.1) is 11.0 Å². The summed E-state index contributed by atoms with van der Waals surface area (Å²) < 4.78 is 23.4. The Bertz CT molecular complexity index is 486. The van der Waals surface area contributed by atoms with Gasteiger partial charge in [0.15, 0.2) is 9.84 Å². The molecule has 2 nitrogen and oxygen atoms in total. The molecule has 3 heteroatoms. The van der Waals surface area contributed by atoms with Crippen molar-refractivity contribution in [2.75, 3.05) is 5.75 Å². The summed E-state index contributed by atoms with van der Waals surface area (Å²) in [6, 6.07) is 8.90. The van der Waals surface area contributed by atoms with E-state index in [4.69, 9.17) is 0 Å². The van der Waals surface area contributed by atoms with Gasteiger partial charge in [-0.2, -0.15) is 0 Å². The molecule has 0 bridgehead atoms. The molecule has 0 amide bonds. The average Bonchev–Trinajstić information content (AvgIpc) is 2.45. The molecule has 0 unspecified atom stereocenters. The minimum atomic E-state index is -2.86. The fourth-order valence-corrected chi connectivity index (χ4v) is 3.38. The summed E-state index contributed by atoms with van der Waals surface area (Å²) >= 11 is 0. The van der Waals surface area contributed by atoms with Crippen LogP contribution in [0.1, 0.15) is 64.0 Å². The molecule has 0 fully saturated rings. The molecule has 0 N–H and O–H groups in total. The Labute approximate surface area is 130 Å². The van der Waals surface area contributed by atoms with E-state index in [0.29, 0.717) is 5.75 Å². The average molecular weight is 311 g/mol. The third kappa shape index (κ3) is 7.12. The molecule has 0 aromatic heterocycles. The zero-order valence-electron chi connectivity index (χ0n) is 13.8. The van der Waals surface area contributed by atoms with Gasteiger partial charge in [-0.3, -0.25) is 0 Å². The Morgan fingerprint density at radius 3 is 1.86 bits per heavy atom. The third-order valence-corrected chi connectivity index (χ3v) is 6.25. The molecule has 0 saturated carbocycles. The van der Waals surface area contributed by atoms with Crippen molar-refractivity contribution >= 4 is 9.84 Å². The van der Waals surface area contributed by atoms with E-state index in [0.717, 1.165) is 25.7 Å². The highest BCUT2D eigenvalue weighted by Gasteiger charge is 2.14. The van der Waals surface area contributed by atoms with Gasteiger partial charge in [-0.15, -0.1) is 0 Å². The second-order valence-corrected chi connectivity index (χ2v) is 8.82. The van der Waals surface area contributed by atoms with E-state index in [1.54, 1.807) is 13.8 Å². The van der Waals surface area contributed by atoms with Crippen LogP contribution in [0.4, 0.5) is 0 Å². The Balaban J connectivity index is 2.24. The predicted molar refractivity (Wildman–Crippen MR) is 91.5 cm³/mol. The zero-order chi connectivity index (χ0) is 15.7. The molecule has 0 heterocycles. The van der Waals surface area contributed by atoms with E-state index in [-0.39, 0.29) is 5.25 Å². The summed E-state index contributed by atoms with van der Waals surface area (Å²) in [7, 11) is -2.86. The first kappa shape index (κ1) is 18.2. The quantitative estimate of drug-likeness (QED) is 0.593. The Hall–Kier alpha value is -0.830. The molecule has 0 aliphatic rings. The number of rotatable bonds is 10. The molecule has 0 radical (unpaired) electrons. The normalized spacial score (nSPS) is 12.0. The van der Waals surface area contributed by atoms with E-state index in [1.807, 2.05) is 0 Å². The number of aryl methyl sites for hydroxylation is 2. The number of sulfone groups is 1. The van der Waals surface area contributed by atoms with Gasteiger partial charge in [0.1, 0.15) is 0 Å². The Morgan fingerprint density at radius 1 is 0.857 bits per heavy atom. The van der Waals surface area contributed by atoms with Crippen LogP contribution in [0, 0.1) is 0 Å². The minimum absolute atomic E-state index is 0.242. The first-order valence-electron chi connectivity index (χ1n) is 8.25. The molecular weight excluding hydrogens is 280 g/mol. The van der Waals surface area contributed by atoms with Crippen molar-refractivity contribution in [3.05, 3.63) is 35.4 Å². The van der Waals surface area contributed by atoms with Crippen LogP contribution in [0.2, 0.25) is 0 Å². The zero-order valence-corrected chi connectivity index (χ0v) is 14.6. The summed E-state index contributed by atoms with van der Waals surface area (Å²) in [6.07, 6.45) is 7.56. The molecule has 21 heavy (non-hydrogen) atoms. The second-order valence-electron chi connectivity index (χ2n) is 6.15. The number of hydrogen-bond acceptors (Lipinski definition) is 2. The van der Waals surface area contributed by atoms with Gasteiger partial charge in [0.25, 0.3) is 0 Å². The van der Waals surface area contributed by atoms with Crippen molar-refractivity contribution in [2.45, 2.75) is 71.0 Å². The lowest BCUT2D eigenvalue weighted by molar-refractivity contribution is 0.581. The van der Waals surface area contributed by atoms with Crippen LogP contribution in [0.25, 0.3) is 0 Å². The van der Waals surface area contributed by atoms with E-state index < -0.39 is 9.84 Å². The lowest BCUT2D eigenvalue weighted by atomic mass is 10.0. The van der Waals surface area contributed by atoms with Crippen LogP contribution >= 0.6 is 0 Å². The van der Waals surface area contributed by atoms with Crippen LogP contribution in [0.5, 0.6) is 0 Å². The maximum atomic E-state index is 11.7. The number of unbranched alkanes of at least 4 members (excludes halogenated alkanes) is 3. The smallest absolute Gasteiger partial charge is 0.152 e. The lowest BCUT2D eigenvalue weighted by Gasteiger charge is -2.07. The number of hydrogen-bond donors (Lipinski definition) is 0. The minimum Gasteiger partial charge on any atom is -0.229 e. The highest BCUT2D eigenvalue weighted by Crippen LogP contribution is 2.12. The molecule has 1 aromatic rings. The van der Waals surface area contributed by atoms with Crippen molar-refractivity contribution in [3.63, 3.8) is 0 Å². The third-order valence-electron chi connectivity index (χ3n) is 3.95. The van der Waals surface area contributed by atoms with Crippen LogP contribution in [0.3, 0.4) is 0 Å². The molecule has 0 saturated heterocycles. The van der Waals surface area contributed by atoms with Crippen LogP contribution in [0.15, 0.2) is 24.3 Å². The molecule has 0 spiro atoms. The summed E-state index contributed by atoms with van der Waals surface area (Å²) in [5.74, 6) is 0.334. The van der Waals surface area contributed by atoms with Gasteiger partial charge < -0.3 is 0 Å². The maximum absolute atomic E-state index is 11.7. The summed E-state index contributed by atoms with van der Waals surface area (Å²) in [5, 5.41) is -0.242. The number of benzene rings is 1. The first-order chi connectivity index (χ1) is 9.95. The fourth-order valence-electron chi connectivity index (χ4n) is 2.30.